The van der Waals surface area contributed by atoms with Gasteiger partial charge in [-0.15, -0.1) is 0 Å². The quantitative estimate of drug-likeness (QED) is 0.197. The summed E-state index contributed by atoms with van der Waals surface area (Å²) in [4.78, 5) is 0. The van der Waals surface area contributed by atoms with Gasteiger partial charge in [0.2, 0.25) is 0 Å². The first-order valence-electron chi connectivity index (χ1n) is 1.31. The number of hydrogen-bond acceptors (Lipinski definition) is 6. The first-order valence-corrected chi connectivity index (χ1v) is 5.40. The topological polar surface area (TPSA) is 156 Å². The molecule has 0 amide bonds. The van der Waals surface area contributed by atoms with E-state index in [9.17, 15) is 0 Å². The molecule has 12 N–H and O–H groups in total. The molecule has 0 unspecified atom stereocenters. The Kier molecular flexibility index (Phi) is 0.780. The van der Waals surface area contributed by atoms with Gasteiger partial charge in [0.25, 0.3) is 0 Å². The molecule has 7 heavy (non-hydrogen) atoms. The van der Waals surface area contributed by atoms with Gasteiger partial charge in [-0.2, -0.15) is 0 Å². The Hall–Kier alpha value is 0.279. The molecule has 0 atom stereocenters. The van der Waals surface area contributed by atoms with Crippen molar-refractivity contribution in [3.63, 3.8) is 0 Å². The second kappa shape index (κ2) is 0.750. The van der Waals surface area contributed by atoms with Crippen LogP contribution in [-0.2, 0) is 12.0 Å². The molecule has 0 aliphatic heterocycles. The Balaban J connectivity index is 4.43. The first kappa shape index (κ1) is 7.28. The summed E-state index contributed by atoms with van der Waals surface area (Å²) < 4.78 is 29.3. The molecule has 0 aromatic heterocycles. The molecular weight excluding hydrogens is 139 g/mol. The van der Waals surface area contributed by atoms with Crippen molar-refractivity contribution in [2.45, 2.75) is 0 Å². The number of hydrogen-bond donors (Lipinski definition) is 6. The van der Waals surface area contributed by atoms with E-state index in [2.05, 4.69) is 0 Å². The van der Waals surface area contributed by atoms with E-state index in [0.717, 1.165) is 0 Å². The SMILES string of the molecule is [NH2][Mn]([NH2])([NH2])([NH2])([NH2])[NH2]. The molecule has 0 aliphatic carbocycles. The van der Waals surface area contributed by atoms with E-state index < -0.39 is 12.0 Å². The van der Waals surface area contributed by atoms with Crippen LogP contribution in [0.4, 0.5) is 0 Å². The van der Waals surface area contributed by atoms with E-state index in [4.69, 9.17) is 28.5 Å². The zero-order chi connectivity index (χ0) is 6.41. The van der Waals surface area contributed by atoms with E-state index in [1.165, 1.54) is 0 Å². The van der Waals surface area contributed by atoms with Crippen LogP contribution in [0.25, 0.3) is 0 Å². The summed E-state index contributed by atoms with van der Waals surface area (Å²) in [5.74, 6) is 0. The van der Waals surface area contributed by atoms with Crippen LogP contribution in [0.1, 0.15) is 0 Å². The minimum absolute atomic E-state index is 4.85. The average molecular weight is 151 g/mol. The number of rotatable bonds is 0. The van der Waals surface area contributed by atoms with Crippen LogP contribution in [0.2, 0.25) is 0 Å². The van der Waals surface area contributed by atoms with Crippen molar-refractivity contribution in [2.24, 2.45) is 28.5 Å². The molecule has 0 saturated carbocycles. The second-order valence-electron chi connectivity index (χ2n) is 1.89. The molecular formula is H12MnN6. The Bertz CT molecular complexity index is 62.7. The van der Waals surface area contributed by atoms with E-state index in [1.54, 1.807) is 0 Å². The van der Waals surface area contributed by atoms with Gasteiger partial charge in [0.15, 0.2) is 0 Å². The molecule has 0 aromatic carbocycles. The molecule has 0 spiro atoms. The standard InChI is InChI=1S/Mn.6H2N/h;6*1H2/q+6;6*-1. The summed E-state index contributed by atoms with van der Waals surface area (Å²) >= 11 is -4.85. The minimum atomic E-state index is -4.85. The summed E-state index contributed by atoms with van der Waals surface area (Å²) in [6, 6.07) is 0. The predicted molar refractivity (Wildman–Crippen MR) is 25.1 cm³/mol. The Morgan fingerprint density at radius 1 is 0.571 bits per heavy atom. The van der Waals surface area contributed by atoms with Gasteiger partial charge in [0.05, 0.1) is 0 Å². The van der Waals surface area contributed by atoms with Gasteiger partial charge in [-0.3, -0.25) is 0 Å². The van der Waals surface area contributed by atoms with Crippen LogP contribution in [0.15, 0.2) is 0 Å². The van der Waals surface area contributed by atoms with Gasteiger partial charge >= 0.3 is 40.5 Å². The van der Waals surface area contributed by atoms with Crippen molar-refractivity contribution >= 4 is 0 Å². The van der Waals surface area contributed by atoms with Crippen molar-refractivity contribution in [3.05, 3.63) is 0 Å². The molecule has 0 saturated heterocycles. The van der Waals surface area contributed by atoms with Gasteiger partial charge in [-0.25, -0.2) is 0 Å². The van der Waals surface area contributed by atoms with Gasteiger partial charge < -0.3 is 0 Å². The van der Waals surface area contributed by atoms with Gasteiger partial charge in [-0.1, -0.05) is 0 Å². The van der Waals surface area contributed by atoms with Gasteiger partial charge in [0.1, 0.15) is 0 Å². The van der Waals surface area contributed by atoms with Crippen LogP contribution in [0, 0.1) is 0 Å². The predicted octanol–water partition coefficient (Wildman–Crippen LogP) is -3.55. The third kappa shape index (κ3) is 1470. The monoisotopic (exact) mass is 151 g/mol. The Morgan fingerprint density at radius 2 is 0.571 bits per heavy atom. The van der Waals surface area contributed by atoms with Crippen molar-refractivity contribution < 1.29 is 12.0 Å². The van der Waals surface area contributed by atoms with E-state index in [0.29, 0.717) is 0 Å². The number of nitrogens with two attached hydrogens (primary N) is 6. The van der Waals surface area contributed by atoms with Crippen molar-refractivity contribution in [2.75, 3.05) is 0 Å². The van der Waals surface area contributed by atoms with Crippen LogP contribution in [-0.4, -0.2) is 0 Å². The molecule has 6 nitrogen and oxygen atoms in total. The molecule has 49 valence electrons. The van der Waals surface area contributed by atoms with Crippen molar-refractivity contribution in [1.29, 1.82) is 0 Å². The molecule has 0 heterocycles. The summed E-state index contributed by atoms with van der Waals surface area (Å²) in [6.45, 7) is 0. The summed E-state index contributed by atoms with van der Waals surface area (Å²) in [7, 11) is 0. The maximum absolute atomic E-state index is 4.89. The maximum atomic E-state index is 4.89. The summed E-state index contributed by atoms with van der Waals surface area (Å²) in [5, 5.41) is 0. The molecule has 0 aromatic rings. The summed E-state index contributed by atoms with van der Waals surface area (Å²) in [6.07, 6.45) is 0. The average Bonchev–Trinajstić information content (AvgIpc) is 0.592. The molecule has 0 aliphatic rings. The molecule has 0 fully saturated rings. The molecule has 0 bridgehead atoms. The van der Waals surface area contributed by atoms with Crippen LogP contribution in [0.5, 0.6) is 0 Å². The van der Waals surface area contributed by atoms with E-state index in [1.807, 2.05) is 0 Å². The van der Waals surface area contributed by atoms with Crippen LogP contribution < -0.4 is 28.5 Å². The molecule has 0 radical (unpaired) electrons. The molecule has 0 rings (SSSR count). The fourth-order valence-corrected chi connectivity index (χ4v) is 0. The zero-order valence-corrected chi connectivity index (χ0v) is 5.02. The van der Waals surface area contributed by atoms with E-state index in [-0.39, 0.29) is 0 Å². The fraction of sp³-hybridized carbons (Fsp3) is 0. The third-order valence-corrected chi connectivity index (χ3v) is 0. The first-order chi connectivity index (χ1) is 2.45. The van der Waals surface area contributed by atoms with Crippen molar-refractivity contribution in [1.82, 2.24) is 0 Å². The summed E-state index contributed by atoms with van der Waals surface area (Å²) in [5.41, 5.74) is 0. The second-order valence-corrected chi connectivity index (χ2v) is 7.79. The normalized spacial score (nSPS) is 23.1. The fourth-order valence-electron chi connectivity index (χ4n) is 0. The Labute approximate surface area is 41.3 Å². The van der Waals surface area contributed by atoms with Gasteiger partial charge in [0, 0.05) is 0 Å². The van der Waals surface area contributed by atoms with Crippen LogP contribution in [0.3, 0.4) is 0 Å². The van der Waals surface area contributed by atoms with Crippen molar-refractivity contribution in [3.8, 4) is 0 Å². The van der Waals surface area contributed by atoms with Gasteiger partial charge in [-0.05, 0) is 0 Å². The van der Waals surface area contributed by atoms with E-state index >= 15 is 0 Å². The Morgan fingerprint density at radius 3 is 0.571 bits per heavy atom. The molecule has 7 heteroatoms. The third-order valence-electron chi connectivity index (χ3n) is 0. The zero-order valence-electron chi connectivity index (χ0n) is 3.84. The van der Waals surface area contributed by atoms with Crippen LogP contribution >= 0.6 is 0 Å².